The largest absolute Gasteiger partial charge is 0.377 e. The van der Waals surface area contributed by atoms with E-state index in [0.717, 1.165) is 5.69 Å². The molecule has 1 N–H and O–H groups in total. The van der Waals surface area contributed by atoms with Gasteiger partial charge in [0.1, 0.15) is 11.6 Å². The zero-order chi connectivity index (χ0) is 16.2. The molecule has 7 nitrogen and oxygen atoms in total. The fraction of sp³-hybridized carbons (Fsp3) is 0.333. The Kier molecular flexibility index (Phi) is 4.63. The van der Waals surface area contributed by atoms with Gasteiger partial charge in [-0.2, -0.15) is 0 Å². The monoisotopic (exact) mass is 332 g/mol. The van der Waals surface area contributed by atoms with E-state index in [4.69, 9.17) is 4.74 Å². The van der Waals surface area contributed by atoms with Crippen molar-refractivity contribution in [1.29, 1.82) is 0 Å². The van der Waals surface area contributed by atoms with E-state index in [1.807, 2.05) is 30.3 Å². The first-order chi connectivity index (χ1) is 11.2. The fourth-order valence-electron chi connectivity index (χ4n) is 2.43. The Morgan fingerprint density at radius 1 is 1.39 bits per heavy atom. The normalized spacial score (nSPS) is 17.5. The minimum Gasteiger partial charge on any atom is -0.377 e. The minimum atomic E-state index is -0.391. The van der Waals surface area contributed by atoms with E-state index in [0.29, 0.717) is 23.3 Å². The van der Waals surface area contributed by atoms with Gasteiger partial charge in [-0.1, -0.05) is 29.5 Å². The summed E-state index contributed by atoms with van der Waals surface area (Å²) in [7, 11) is 1.57. The van der Waals surface area contributed by atoms with Gasteiger partial charge in [0.25, 0.3) is 0 Å². The number of carbonyl (C=O) groups is 2. The first-order valence-corrected chi connectivity index (χ1v) is 7.96. The maximum atomic E-state index is 12.3. The molecule has 1 atom stereocenters. The third kappa shape index (κ3) is 3.54. The number of anilines is 2. The van der Waals surface area contributed by atoms with Crippen molar-refractivity contribution in [3.63, 3.8) is 0 Å². The van der Waals surface area contributed by atoms with Gasteiger partial charge in [0.15, 0.2) is 0 Å². The number of rotatable bonds is 5. The van der Waals surface area contributed by atoms with Crippen LogP contribution < -0.4 is 10.2 Å². The molecule has 8 heteroatoms. The van der Waals surface area contributed by atoms with Crippen LogP contribution in [-0.4, -0.2) is 35.7 Å². The number of amides is 2. The van der Waals surface area contributed by atoms with E-state index in [1.54, 1.807) is 12.0 Å². The number of hydrogen-bond acceptors (Lipinski definition) is 6. The molecule has 0 spiro atoms. The van der Waals surface area contributed by atoms with Crippen LogP contribution in [0, 0.1) is 5.92 Å². The SMILES string of the molecule is COCc1nnc(NC(=O)[C@@H]2CC(=O)N(c3ccccc3)C2)s1. The van der Waals surface area contributed by atoms with E-state index in [9.17, 15) is 9.59 Å². The highest BCUT2D eigenvalue weighted by Crippen LogP contribution is 2.26. The molecule has 1 aromatic carbocycles. The zero-order valence-corrected chi connectivity index (χ0v) is 13.4. The van der Waals surface area contributed by atoms with Crippen molar-refractivity contribution in [3.05, 3.63) is 35.3 Å². The van der Waals surface area contributed by atoms with E-state index >= 15 is 0 Å². The van der Waals surface area contributed by atoms with Crippen LogP contribution >= 0.6 is 11.3 Å². The molecule has 2 aromatic rings. The van der Waals surface area contributed by atoms with E-state index in [1.165, 1.54) is 11.3 Å². The highest BCUT2D eigenvalue weighted by Gasteiger charge is 2.35. The standard InChI is InChI=1S/C15H16N4O3S/c1-22-9-12-17-18-15(23-12)16-14(21)10-7-13(20)19(8-10)11-5-3-2-4-6-11/h2-6,10H,7-9H2,1H3,(H,16,18,21)/t10-/m1/s1. The molecule has 0 bridgehead atoms. The van der Waals surface area contributed by atoms with Crippen LogP contribution in [-0.2, 0) is 20.9 Å². The maximum absolute atomic E-state index is 12.3. The van der Waals surface area contributed by atoms with Crippen molar-refractivity contribution in [2.75, 3.05) is 23.9 Å². The van der Waals surface area contributed by atoms with Crippen LogP contribution in [0.15, 0.2) is 30.3 Å². The molecule has 1 aliphatic rings. The van der Waals surface area contributed by atoms with Crippen molar-refractivity contribution in [1.82, 2.24) is 10.2 Å². The van der Waals surface area contributed by atoms with Gasteiger partial charge in [-0.05, 0) is 12.1 Å². The number of carbonyl (C=O) groups excluding carboxylic acids is 2. The number of methoxy groups -OCH3 is 1. The minimum absolute atomic E-state index is 0.0475. The summed E-state index contributed by atoms with van der Waals surface area (Å²) in [6, 6.07) is 9.35. The molecule has 2 heterocycles. The van der Waals surface area contributed by atoms with Crippen molar-refractivity contribution in [2.45, 2.75) is 13.0 Å². The van der Waals surface area contributed by atoms with Gasteiger partial charge >= 0.3 is 0 Å². The third-order valence-corrected chi connectivity index (χ3v) is 4.34. The molecule has 1 aliphatic heterocycles. The lowest BCUT2D eigenvalue weighted by atomic mass is 10.1. The first-order valence-electron chi connectivity index (χ1n) is 7.15. The Morgan fingerprint density at radius 3 is 2.91 bits per heavy atom. The molecular weight excluding hydrogens is 316 g/mol. The summed E-state index contributed by atoms with van der Waals surface area (Å²) < 4.78 is 4.97. The number of benzene rings is 1. The van der Waals surface area contributed by atoms with E-state index in [-0.39, 0.29) is 18.2 Å². The quantitative estimate of drug-likeness (QED) is 0.900. The van der Waals surface area contributed by atoms with Crippen LogP contribution in [0.1, 0.15) is 11.4 Å². The molecular formula is C15H16N4O3S. The molecule has 2 amide bonds. The highest BCUT2D eigenvalue weighted by molar-refractivity contribution is 7.15. The number of nitrogens with one attached hydrogen (secondary N) is 1. The first kappa shape index (κ1) is 15.6. The molecule has 0 saturated carbocycles. The van der Waals surface area contributed by atoms with Gasteiger partial charge in [-0.15, -0.1) is 10.2 Å². The molecule has 23 heavy (non-hydrogen) atoms. The fourth-order valence-corrected chi connectivity index (χ4v) is 3.15. The Morgan fingerprint density at radius 2 is 2.17 bits per heavy atom. The van der Waals surface area contributed by atoms with Crippen LogP contribution in [0.5, 0.6) is 0 Å². The van der Waals surface area contributed by atoms with Gasteiger partial charge in [-0.3, -0.25) is 9.59 Å². The lowest BCUT2D eigenvalue weighted by molar-refractivity contribution is -0.122. The van der Waals surface area contributed by atoms with Gasteiger partial charge in [0, 0.05) is 25.8 Å². The van der Waals surface area contributed by atoms with Gasteiger partial charge in [-0.25, -0.2) is 0 Å². The van der Waals surface area contributed by atoms with Crippen molar-refractivity contribution in [2.24, 2.45) is 5.92 Å². The Bertz CT molecular complexity index is 704. The smallest absolute Gasteiger partial charge is 0.231 e. The summed E-state index contributed by atoms with van der Waals surface area (Å²) in [5.41, 5.74) is 0.811. The summed E-state index contributed by atoms with van der Waals surface area (Å²) in [5.74, 6) is -0.650. The van der Waals surface area contributed by atoms with Crippen molar-refractivity contribution < 1.29 is 14.3 Å². The second-order valence-electron chi connectivity index (χ2n) is 5.16. The van der Waals surface area contributed by atoms with Gasteiger partial charge in [0.05, 0.1) is 5.92 Å². The number of aromatic nitrogens is 2. The third-order valence-electron chi connectivity index (χ3n) is 3.53. The highest BCUT2D eigenvalue weighted by atomic mass is 32.1. The molecule has 3 rings (SSSR count). The second kappa shape index (κ2) is 6.84. The second-order valence-corrected chi connectivity index (χ2v) is 6.23. The topological polar surface area (TPSA) is 84.4 Å². The average Bonchev–Trinajstić information content (AvgIpc) is 3.15. The Labute approximate surface area is 137 Å². The lowest BCUT2D eigenvalue weighted by Crippen LogP contribution is -2.28. The number of nitrogens with zero attached hydrogens (tertiary/aromatic N) is 3. The zero-order valence-electron chi connectivity index (χ0n) is 12.6. The van der Waals surface area contributed by atoms with Gasteiger partial charge < -0.3 is 15.0 Å². The molecule has 1 fully saturated rings. The summed E-state index contributed by atoms with van der Waals surface area (Å²) in [6.07, 6.45) is 0.199. The number of para-hydroxylation sites is 1. The van der Waals surface area contributed by atoms with E-state index in [2.05, 4.69) is 15.5 Å². The maximum Gasteiger partial charge on any atom is 0.231 e. The van der Waals surface area contributed by atoms with Crippen LogP contribution in [0.4, 0.5) is 10.8 Å². The molecule has 0 aliphatic carbocycles. The molecule has 1 saturated heterocycles. The summed E-state index contributed by atoms with van der Waals surface area (Å²) in [4.78, 5) is 26.1. The van der Waals surface area contributed by atoms with Crippen LogP contribution in [0.2, 0.25) is 0 Å². The Balaban J connectivity index is 1.63. The average molecular weight is 332 g/mol. The molecule has 120 valence electrons. The molecule has 0 unspecified atom stereocenters. The van der Waals surface area contributed by atoms with Crippen LogP contribution in [0.25, 0.3) is 0 Å². The van der Waals surface area contributed by atoms with E-state index < -0.39 is 5.92 Å². The molecule has 1 aromatic heterocycles. The molecule has 0 radical (unpaired) electrons. The number of ether oxygens (including phenoxy) is 1. The summed E-state index contributed by atoms with van der Waals surface area (Å²) >= 11 is 1.26. The van der Waals surface area contributed by atoms with Crippen molar-refractivity contribution >= 4 is 34.0 Å². The summed E-state index contributed by atoms with van der Waals surface area (Å²) in [6.45, 7) is 0.732. The Hall–Kier alpha value is -2.32. The lowest BCUT2D eigenvalue weighted by Gasteiger charge is -2.16. The van der Waals surface area contributed by atoms with Crippen molar-refractivity contribution in [3.8, 4) is 0 Å². The van der Waals surface area contributed by atoms with Gasteiger partial charge in [0.2, 0.25) is 16.9 Å². The predicted molar refractivity (Wildman–Crippen MR) is 86.2 cm³/mol. The number of hydrogen-bond donors (Lipinski definition) is 1. The summed E-state index contributed by atoms with van der Waals surface area (Å²) in [5, 5.41) is 11.7. The predicted octanol–water partition coefficient (Wildman–Crippen LogP) is 1.68. The van der Waals surface area contributed by atoms with Crippen LogP contribution in [0.3, 0.4) is 0 Å².